The summed E-state index contributed by atoms with van der Waals surface area (Å²) < 4.78 is 20.6. The summed E-state index contributed by atoms with van der Waals surface area (Å²) in [5, 5.41) is 0.439. The lowest BCUT2D eigenvalue weighted by atomic mass is 9.94. The second-order valence-electron chi connectivity index (χ2n) is 7.28. The first-order valence-corrected chi connectivity index (χ1v) is 8.95. The number of piperazine rings is 1. The molecule has 1 aromatic carbocycles. The minimum atomic E-state index is -0.291. The van der Waals surface area contributed by atoms with Crippen molar-refractivity contribution in [2.24, 2.45) is 0 Å². The van der Waals surface area contributed by atoms with Crippen LogP contribution in [0.1, 0.15) is 18.1 Å². The Bertz CT molecular complexity index is 806. The Kier molecular flexibility index (Phi) is 3.78. The minimum absolute atomic E-state index is 0.243. The van der Waals surface area contributed by atoms with Gasteiger partial charge in [-0.3, -0.25) is 4.90 Å². The van der Waals surface area contributed by atoms with Crippen molar-refractivity contribution in [2.45, 2.75) is 25.9 Å². The Morgan fingerprint density at radius 3 is 2.76 bits per heavy atom. The Labute approximate surface area is 153 Å². The van der Waals surface area contributed by atoms with Crippen molar-refractivity contribution in [3.8, 4) is 0 Å². The van der Waals surface area contributed by atoms with E-state index in [9.17, 15) is 4.39 Å². The summed E-state index contributed by atoms with van der Waals surface area (Å²) in [6.45, 7) is 10.5. The number of hydrogen-bond acceptors (Lipinski definition) is 4. The van der Waals surface area contributed by atoms with E-state index in [2.05, 4.69) is 30.4 Å². The predicted molar refractivity (Wildman–Crippen MR) is 99.1 cm³/mol. The number of hydrogen-bond donors (Lipinski definition) is 0. The van der Waals surface area contributed by atoms with Gasteiger partial charge in [0.1, 0.15) is 12.4 Å². The highest BCUT2D eigenvalue weighted by Gasteiger charge is 2.42. The second-order valence-corrected chi connectivity index (χ2v) is 7.66. The molecule has 0 radical (unpaired) electrons. The van der Waals surface area contributed by atoms with Gasteiger partial charge in [0.05, 0.1) is 28.1 Å². The molecule has 1 saturated heterocycles. The fraction of sp³-hybridized carbons (Fsp3) is 0.474. The van der Waals surface area contributed by atoms with Gasteiger partial charge in [-0.25, -0.2) is 4.39 Å². The van der Waals surface area contributed by atoms with Crippen LogP contribution in [0.2, 0.25) is 5.02 Å². The Balaban J connectivity index is 1.93. The van der Waals surface area contributed by atoms with Crippen LogP contribution in [0.15, 0.2) is 24.1 Å². The number of fused-ring (bicyclic) bond motifs is 4. The summed E-state index contributed by atoms with van der Waals surface area (Å²) >= 11 is 6.52. The quantitative estimate of drug-likeness (QED) is 0.702. The van der Waals surface area contributed by atoms with Gasteiger partial charge in [-0.2, -0.15) is 0 Å². The van der Waals surface area contributed by atoms with Gasteiger partial charge in [0.25, 0.3) is 0 Å². The van der Waals surface area contributed by atoms with E-state index in [1.807, 2.05) is 11.9 Å². The first-order chi connectivity index (χ1) is 11.8. The molecule has 4 rings (SSSR count). The van der Waals surface area contributed by atoms with Crippen LogP contribution in [0.5, 0.6) is 0 Å². The molecule has 0 N–H and O–H groups in total. The van der Waals surface area contributed by atoms with Crippen molar-refractivity contribution in [2.75, 3.05) is 38.7 Å². The molecule has 2 unspecified atom stereocenters. The SMILES string of the molecule is C=C1C2=C(c3cc(F)c(C)c(Cl)c3N1C)N1CC(C)N(C)CC1CO2. The predicted octanol–water partition coefficient (Wildman–Crippen LogP) is 3.45. The van der Waals surface area contributed by atoms with Crippen LogP contribution in [0.4, 0.5) is 10.1 Å². The summed E-state index contributed by atoms with van der Waals surface area (Å²) in [5.74, 6) is 0.447. The molecule has 3 aliphatic rings. The molecular weight excluding hydrogens is 341 g/mol. The van der Waals surface area contributed by atoms with E-state index in [0.717, 1.165) is 41.5 Å². The summed E-state index contributed by atoms with van der Waals surface area (Å²) in [6, 6.07) is 2.24. The average Bonchev–Trinajstić information content (AvgIpc) is 2.57. The molecule has 1 fully saturated rings. The van der Waals surface area contributed by atoms with Crippen molar-refractivity contribution in [1.29, 1.82) is 0 Å². The van der Waals surface area contributed by atoms with Gasteiger partial charge in [-0.15, -0.1) is 0 Å². The highest BCUT2D eigenvalue weighted by atomic mass is 35.5. The Morgan fingerprint density at radius 2 is 2.04 bits per heavy atom. The van der Waals surface area contributed by atoms with Crippen LogP contribution in [0.3, 0.4) is 0 Å². The van der Waals surface area contributed by atoms with Gasteiger partial charge in [0.15, 0.2) is 5.76 Å². The lowest BCUT2D eigenvalue weighted by molar-refractivity contribution is 0.0281. The number of rotatable bonds is 0. The van der Waals surface area contributed by atoms with Gasteiger partial charge in [-0.1, -0.05) is 18.2 Å². The van der Waals surface area contributed by atoms with Crippen LogP contribution in [-0.2, 0) is 4.74 Å². The maximum Gasteiger partial charge on any atom is 0.166 e. The molecule has 0 spiro atoms. The lowest BCUT2D eigenvalue weighted by Gasteiger charge is -2.51. The van der Waals surface area contributed by atoms with Crippen molar-refractivity contribution in [3.63, 3.8) is 0 Å². The molecule has 0 bridgehead atoms. The Morgan fingerprint density at radius 1 is 1.32 bits per heavy atom. The fourth-order valence-electron chi connectivity index (χ4n) is 3.98. The number of nitrogens with zero attached hydrogens (tertiary/aromatic N) is 3. The summed E-state index contributed by atoms with van der Waals surface area (Å²) in [7, 11) is 4.03. The number of ether oxygens (including phenoxy) is 1. The maximum absolute atomic E-state index is 14.5. The first-order valence-electron chi connectivity index (χ1n) is 8.57. The normalized spacial score (nSPS) is 26.2. The van der Waals surface area contributed by atoms with Crippen LogP contribution in [0.25, 0.3) is 5.70 Å². The molecular formula is C19H23ClFN3O. The fourth-order valence-corrected chi connectivity index (χ4v) is 4.29. The number of likely N-dealkylation sites (N-methyl/N-ethyl adjacent to an activating group) is 2. The smallest absolute Gasteiger partial charge is 0.166 e. The number of anilines is 1. The van der Waals surface area contributed by atoms with E-state index in [4.69, 9.17) is 16.3 Å². The largest absolute Gasteiger partial charge is 0.487 e. The summed E-state index contributed by atoms with van der Waals surface area (Å²) in [4.78, 5) is 6.60. The standard InChI is InChI=1S/C19H23ClFN3O/c1-10-7-24-13(8-22(10)4)9-25-19-12(3)23(5)17-14(18(19)24)6-15(21)11(2)16(17)20/h6,10,13H,3,7-9H2,1-2,4-5H3. The summed E-state index contributed by atoms with van der Waals surface area (Å²) in [5.41, 5.74) is 3.75. The van der Waals surface area contributed by atoms with Crippen LogP contribution in [-0.4, -0.2) is 55.7 Å². The number of halogens is 2. The van der Waals surface area contributed by atoms with Crippen molar-refractivity contribution < 1.29 is 9.13 Å². The first kappa shape index (κ1) is 16.7. The second kappa shape index (κ2) is 5.64. The van der Waals surface area contributed by atoms with Crippen LogP contribution >= 0.6 is 11.6 Å². The minimum Gasteiger partial charge on any atom is -0.487 e. The van der Waals surface area contributed by atoms with E-state index in [-0.39, 0.29) is 11.9 Å². The Hall–Kier alpha value is -1.72. The zero-order valence-electron chi connectivity index (χ0n) is 15.1. The molecule has 0 aromatic heterocycles. The van der Waals surface area contributed by atoms with Gasteiger partial charge in [0.2, 0.25) is 0 Å². The van der Waals surface area contributed by atoms with E-state index < -0.39 is 0 Å². The molecule has 2 atom stereocenters. The zero-order valence-corrected chi connectivity index (χ0v) is 15.8. The van der Waals surface area contributed by atoms with Crippen molar-refractivity contribution in [1.82, 2.24) is 9.80 Å². The third-order valence-electron chi connectivity index (χ3n) is 5.75. The number of benzene rings is 1. The van der Waals surface area contributed by atoms with Crippen molar-refractivity contribution >= 4 is 23.0 Å². The van der Waals surface area contributed by atoms with E-state index >= 15 is 0 Å². The third-order valence-corrected chi connectivity index (χ3v) is 6.22. The molecule has 3 heterocycles. The average molecular weight is 364 g/mol. The van der Waals surface area contributed by atoms with Crippen LogP contribution in [0, 0.1) is 12.7 Å². The molecule has 4 nitrogen and oxygen atoms in total. The molecule has 0 aliphatic carbocycles. The maximum atomic E-state index is 14.5. The monoisotopic (exact) mass is 363 g/mol. The highest BCUT2D eigenvalue weighted by Crippen LogP contribution is 2.48. The molecule has 0 saturated carbocycles. The molecule has 3 aliphatic heterocycles. The lowest BCUT2D eigenvalue weighted by Crippen LogP contribution is -2.58. The molecule has 6 heteroatoms. The summed E-state index contributed by atoms with van der Waals surface area (Å²) in [6.07, 6.45) is 0. The highest BCUT2D eigenvalue weighted by molar-refractivity contribution is 6.34. The van der Waals surface area contributed by atoms with Gasteiger partial charge in [-0.05, 0) is 27.0 Å². The van der Waals surface area contributed by atoms with E-state index in [1.54, 1.807) is 13.0 Å². The molecule has 25 heavy (non-hydrogen) atoms. The van der Waals surface area contributed by atoms with Gasteiger partial charge < -0.3 is 14.5 Å². The molecule has 0 amide bonds. The third kappa shape index (κ3) is 2.29. The van der Waals surface area contributed by atoms with Crippen molar-refractivity contribution in [3.05, 3.63) is 46.1 Å². The van der Waals surface area contributed by atoms with Gasteiger partial charge in [0, 0.05) is 37.3 Å². The van der Waals surface area contributed by atoms with Gasteiger partial charge >= 0.3 is 0 Å². The molecule has 134 valence electrons. The van der Waals surface area contributed by atoms with Crippen LogP contribution < -0.4 is 4.90 Å². The zero-order chi connectivity index (χ0) is 18.0. The topological polar surface area (TPSA) is 19.0 Å². The van der Waals surface area contributed by atoms with E-state index in [0.29, 0.717) is 23.2 Å². The molecule has 1 aromatic rings. The van der Waals surface area contributed by atoms with E-state index in [1.165, 1.54) is 0 Å².